The van der Waals surface area contributed by atoms with E-state index in [2.05, 4.69) is 24.5 Å². The number of carbonyl (C=O) groups excluding carboxylic acids is 1. The zero-order chi connectivity index (χ0) is 24.2. The van der Waals surface area contributed by atoms with E-state index < -0.39 is 6.10 Å². The predicted octanol–water partition coefficient (Wildman–Crippen LogP) is 5.36. The Morgan fingerprint density at radius 2 is 1.61 bits per heavy atom. The molecule has 0 spiro atoms. The zero-order valence-corrected chi connectivity index (χ0v) is 21.3. The summed E-state index contributed by atoms with van der Waals surface area (Å²) >= 11 is 0. The van der Waals surface area contributed by atoms with E-state index in [-0.39, 0.29) is 12.5 Å². The normalized spacial score (nSPS) is 11.9. The minimum absolute atomic E-state index is 0.0887. The summed E-state index contributed by atoms with van der Waals surface area (Å²) in [5.74, 6) is 1.29. The largest absolute Gasteiger partial charge is 0.493 e. The number of benzene rings is 1. The molecule has 0 bridgehead atoms. The molecule has 0 aliphatic carbocycles. The fourth-order valence-corrected chi connectivity index (χ4v) is 3.66. The molecule has 0 saturated carbocycles. The number of carbonyl (C=O) groups is 1. The van der Waals surface area contributed by atoms with E-state index in [4.69, 9.17) is 9.47 Å². The molecule has 190 valence electrons. The van der Waals surface area contributed by atoms with Gasteiger partial charge in [0, 0.05) is 19.5 Å². The van der Waals surface area contributed by atoms with Crippen LogP contribution in [0.25, 0.3) is 0 Å². The summed E-state index contributed by atoms with van der Waals surface area (Å²) in [5, 5.41) is 16.4. The van der Waals surface area contributed by atoms with Crippen molar-refractivity contribution in [3.63, 3.8) is 0 Å². The smallest absolute Gasteiger partial charge is 0.220 e. The van der Waals surface area contributed by atoms with Gasteiger partial charge in [0.25, 0.3) is 0 Å². The molecule has 0 heterocycles. The molecule has 6 heteroatoms. The highest BCUT2D eigenvalue weighted by Crippen LogP contribution is 2.28. The molecule has 0 radical (unpaired) electrons. The monoisotopic (exact) mass is 464 g/mol. The van der Waals surface area contributed by atoms with Gasteiger partial charge in [0.1, 0.15) is 12.7 Å². The second-order valence-corrected chi connectivity index (χ2v) is 8.86. The number of rotatable bonds is 21. The van der Waals surface area contributed by atoms with E-state index in [1.54, 1.807) is 7.11 Å². The number of hydrogen-bond acceptors (Lipinski definition) is 5. The predicted molar refractivity (Wildman–Crippen MR) is 136 cm³/mol. The van der Waals surface area contributed by atoms with E-state index in [0.29, 0.717) is 31.0 Å². The second kappa shape index (κ2) is 19.7. The fourth-order valence-electron chi connectivity index (χ4n) is 3.66. The van der Waals surface area contributed by atoms with Gasteiger partial charge >= 0.3 is 0 Å². The number of aliphatic hydroxyl groups excluding tert-OH is 1. The molecule has 33 heavy (non-hydrogen) atoms. The Hall–Kier alpha value is -1.79. The fraction of sp³-hybridized carbons (Fsp3) is 0.741. The Morgan fingerprint density at radius 1 is 0.939 bits per heavy atom. The van der Waals surface area contributed by atoms with Gasteiger partial charge in [0.05, 0.1) is 7.11 Å². The van der Waals surface area contributed by atoms with Crippen LogP contribution in [0.5, 0.6) is 11.5 Å². The number of nitrogens with one attached hydrogen (secondary N) is 2. The molecule has 3 N–H and O–H groups in total. The molecule has 0 aromatic heterocycles. The lowest BCUT2D eigenvalue weighted by atomic mass is 10.1. The molecule has 0 aliphatic rings. The van der Waals surface area contributed by atoms with E-state index in [9.17, 15) is 9.90 Å². The van der Waals surface area contributed by atoms with E-state index in [1.165, 1.54) is 51.4 Å². The summed E-state index contributed by atoms with van der Waals surface area (Å²) in [4.78, 5) is 12.1. The molecule has 0 aliphatic heterocycles. The van der Waals surface area contributed by atoms with Crippen LogP contribution in [-0.4, -0.2) is 43.9 Å². The Bertz CT molecular complexity index is 624. The number of amides is 1. The Labute approximate surface area is 201 Å². The summed E-state index contributed by atoms with van der Waals surface area (Å²) in [5.41, 5.74) is 0.959. The SMILES string of the molecule is CCCCCCCCC(=O)NCc1ccc(OCC(O)CNCCCCCCC)c(OC)c1. The van der Waals surface area contributed by atoms with Gasteiger partial charge in [-0.2, -0.15) is 0 Å². The van der Waals surface area contributed by atoms with Crippen molar-refractivity contribution < 1.29 is 19.4 Å². The van der Waals surface area contributed by atoms with Crippen LogP contribution >= 0.6 is 0 Å². The lowest BCUT2D eigenvalue weighted by molar-refractivity contribution is -0.121. The minimum Gasteiger partial charge on any atom is -0.493 e. The van der Waals surface area contributed by atoms with Gasteiger partial charge in [-0.05, 0) is 37.1 Å². The first-order valence-corrected chi connectivity index (χ1v) is 13.1. The number of hydrogen-bond donors (Lipinski definition) is 3. The summed E-state index contributed by atoms with van der Waals surface area (Å²) in [7, 11) is 1.60. The first-order chi connectivity index (χ1) is 16.1. The van der Waals surface area contributed by atoms with Crippen molar-refractivity contribution in [3.05, 3.63) is 23.8 Å². The molecule has 1 aromatic rings. The van der Waals surface area contributed by atoms with Crippen LogP contribution in [-0.2, 0) is 11.3 Å². The number of methoxy groups -OCH3 is 1. The van der Waals surface area contributed by atoms with Crippen molar-refractivity contribution in [1.82, 2.24) is 10.6 Å². The van der Waals surface area contributed by atoms with Gasteiger partial charge in [0.15, 0.2) is 11.5 Å². The third-order valence-electron chi connectivity index (χ3n) is 5.74. The molecule has 0 saturated heterocycles. The van der Waals surface area contributed by atoms with Crippen molar-refractivity contribution >= 4 is 5.91 Å². The standard InChI is InChI=1S/C27H48N2O4/c1-4-6-8-10-11-13-15-27(31)29-20-23-16-17-25(26(19-23)32-3)33-22-24(30)21-28-18-14-12-9-7-5-2/h16-17,19,24,28,30H,4-15,18,20-22H2,1-3H3,(H,29,31). The molecule has 1 rings (SSSR count). The van der Waals surface area contributed by atoms with Gasteiger partial charge in [-0.3, -0.25) is 4.79 Å². The van der Waals surface area contributed by atoms with Crippen molar-refractivity contribution in [2.75, 3.05) is 26.8 Å². The first-order valence-electron chi connectivity index (χ1n) is 13.1. The third-order valence-corrected chi connectivity index (χ3v) is 5.74. The lowest BCUT2D eigenvalue weighted by Gasteiger charge is -2.16. The summed E-state index contributed by atoms with van der Waals surface area (Å²) in [6, 6.07) is 5.63. The average Bonchev–Trinajstić information content (AvgIpc) is 2.83. The van der Waals surface area contributed by atoms with Crippen LogP contribution in [0.2, 0.25) is 0 Å². The highest BCUT2D eigenvalue weighted by atomic mass is 16.5. The first kappa shape index (κ1) is 29.2. The number of ether oxygens (including phenoxy) is 2. The topological polar surface area (TPSA) is 79.8 Å². The molecule has 1 unspecified atom stereocenters. The minimum atomic E-state index is -0.578. The quantitative estimate of drug-likeness (QED) is 0.213. The Kier molecular flexibility index (Phi) is 17.4. The highest BCUT2D eigenvalue weighted by molar-refractivity contribution is 5.75. The molecular formula is C27H48N2O4. The Balaban J connectivity index is 2.27. The van der Waals surface area contributed by atoms with Crippen LogP contribution in [0.3, 0.4) is 0 Å². The maximum Gasteiger partial charge on any atom is 0.220 e. The van der Waals surface area contributed by atoms with Crippen molar-refractivity contribution in [2.45, 2.75) is 104 Å². The zero-order valence-electron chi connectivity index (χ0n) is 21.3. The molecule has 6 nitrogen and oxygen atoms in total. The molecule has 1 amide bonds. The van der Waals surface area contributed by atoms with Crippen LogP contribution in [0.15, 0.2) is 18.2 Å². The molecule has 1 atom stereocenters. The third kappa shape index (κ3) is 14.9. The highest BCUT2D eigenvalue weighted by Gasteiger charge is 2.10. The molecule has 0 fully saturated rings. The Morgan fingerprint density at radius 3 is 2.30 bits per heavy atom. The van der Waals surface area contributed by atoms with Crippen LogP contribution in [0.1, 0.15) is 96.5 Å². The number of aliphatic hydroxyl groups is 1. The van der Waals surface area contributed by atoms with Crippen LogP contribution < -0.4 is 20.1 Å². The van der Waals surface area contributed by atoms with Crippen molar-refractivity contribution in [2.24, 2.45) is 0 Å². The van der Waals surface area contributed by atoms with Gasteiger partial charge < -0.3 is 25.2 Å². The molecular weight excluding hydrogens is 416 g/mol. The summed E-state index contributed by atoms with van der Waals surface area (Å²) in [6.45, 7) is 6.53. The summed E-state index contributed by atoms with van der Waals surface area (Å²) < 4.78 is 11.2. The second-order valence-electron chi connectivity index (χ2n) is 8.86. The number of unbranched alkanes of at least 4 members (excludes halogenated alkanes) is 9. The van der Waals surface area contributed by atoms with E-state index >= 15 is 0 Å². The van der Waals surface area contributed by atoms with Crippen LogP contribution in [0.4, 0.5) is 0 Å². The van der Waals surface area contributed by atoms with E-state index in [0.717, 1.165) is 31.4 Å². The maximum absolute atomic E-state index is 12.1. The average molecular weight is 465 g/mol. The van der Waals surface area contributed by atoms with E-state index in [1.807, 2.05) is 18.2 Å². The van der Waals surface area contributed by atoms with Crippen molar-refractivity contribution in [1.29, 1.82) is 0 Å². The van der Waals surface area contributed by atoms with Gasteiger partial charge in [0.2, 0.25) is 5.91 Å². The van der Waals surface area contributed by atoms with Gasteiger partial charge in [-0.25, -0.2) is 0 Å². The maximum atomic E-state index is 12.1. The summed E-state index contributed by atoms with van der Waals surface area (Å²) in [6.07, 6.45) is 13.3. The van der Waals surface area contributed by atoms with Crippen molar-refractivity contribution in [3.8, 4) is 11.5 Å². The van der Waals surface area contributed by atoms with Gasteiger partial charge in [-0.15, -0.1) is 0 Å². The van der Waals surface area contributed by atoms with Crippen LogP contribution in [0, 0.1) is 0 Å². The lowest BCUT2D eigenvalue weighted by Crippen LogP contribution is -2.32. The van der Waals surface area contributed by atoms with Gasteiger partial charge in [-0.1, -0.05) is 77.7 Å². The molecule has 1 aromatic carbocycles.